The fraction of sp³-hybridized carbons (Fsp3) is 0.333. The van der Waals surface area contributed by atoms with E-state index in [4.69, 9.17) is 5.26 Å². The van der Waals surface area contributed by atoms with Crippen molar-refractivity contribution in [2.24, 2.45) is 0 Å². The van der Waals surface area contributed by atoms with E-state index in [-0.39, 0.29) is 10.6 Å². The molecule has 2 aromatic rings. The number of hydrogen-bond donors (Lipinski definition) is 0. The first-order chi connectivity index (χ1) is 10.2. The highest BCUT2D eigenvalue weighted by Crippen LogP contribution is 2.37. The third kappa shape index (κ3) is 2.50. The van der Waals surface area contributed by atoms with Gasteiger partial charge in [-0.1, -0.05) is 0 Å². The highest BCUT2D eigenvalue weighted by Gasteiger charge is 2.31. The number of pyridine rings is 1. The normalized spacial score (nSPS) is 13.9. The summed E-state index contributed by atoms with van der Waals surface area (Å²) in [4.78, 5) is 17.2. The van der Waals surface area contributed by atoms with Gasteiger partial charge in [0, 0.05) is 24.8 Å². The van der Waals surface area contributed by atoms with Gasteiger partial charge < -0.3 is 4.90 Å². The van der Waals surface area contributed by atoms with Gasteiger partial charge in [0.25, 0.3) is 5.69 Å². The number of non-ortho nitro benzene ring substituents is 1. The maximum absolute atomic E-state index is 11.1. The molecule has 1 aliphatic carbocycles. The van der Waals surface area contributed by atoms with E-state index in [0.29, 0.717) is 29.9 Å². The zero-order valence-electron chi connectivity index (χ0n) is 11.4. The topological polar surface area (TPSA) is 83.1 Å². The minimum absolute atomic E-state index is 0.0675. The fourth-order valence-corrected chi connectivity index (χ4v) is 2.59. The number of nitro groups is 1. The van der Waals surface area contributed by atoms with Crippen LogP contribution >= 0.6 is 0 Å². The summed E-state index contributed by atoms with van der Waals surface area (Å²) in [5, 5.41) is 20.5. The number of nitrogens with zero attached hydrogens (tertiary/aromatic N) is 4. The number of hydrogen-bond acceptors (Lipinski definition) is 5. The van der Waals surface area contributed by atoms with E-state index >= 15 is 0 Å². The smallest absolute Gasteiger partial charge is 0.278 e. The van der Waals surface area contributed by atoms with Crippen molar-refractivity contribution in [2.45, 2.75) is 25.3 Å². The lowest BCUT2D eigenvalue weighted by Crippen LogP contribution is -2.27. The lowest BCUT2D eigenvalue weighted by atomic mass is 10.1. The van der Waals surface area contributed by atoms with E-state index in [2.05, 4.69) is 16.0 Å². The quantitative estimate of drug-likeness (QED) is 0.621. The van der Waals surface area contributed by atoms with Crippen LogP contribution in [-0.4, -0.2) is 22.5 Å². The molecule has 0 N–H and O–H groups in total. The molecule has 1 aromatic heterocycles. The fourth-order valence-electron chi connectivity index (χ4n) is 2.59. The van der Waals surface area contributed by atoms with E-state index in [1.165, 1.54) is 6.07 Å². The highest BCUT2D eigenvalue weighted by atomic mass is 16.6. The summed E-state index contributed by atoms with van der Waals surface area (Å²) in [6.45, 7) is 0.630. The second-order valence-corrected chi connectivity index (χ2v) is 5.09. The van der Waals surface area contributed by atoms with Crippen LogP contribution in [0.5, 0.6) is 0 Å². The Morgan fingerprint density at radius 3 is 2.90 bits per heavy atom. The molecule has 0 radical (unpaired) electrons. The molecular weight excluding hydrogens is 268 g/mol. The molecule has 0 spiro atoms. The number of aromatic nitrogens is 1. The first kappa shape index (κ1) is 13.3. The van der Waals surface area contributed by atoms with Gasteiger partial charge in [-0.2, -0.15) is 5.26 Å². The molecule has 1 heterocycles. The highest BCUT2D eigenvalue weighted by molar-refractivity contribution is 5.97. The molecule has 0 bridgehead atoms. The predicted molar refractivity (Wildman–Crippen MR) is 79.0 cm³/mol. The Hall–Kier alpha value is -2.68. The lowest BCUT2D eigenvalue weighted by Gasteiger charge is -2.24. The molecule has 6 heteroatoms. The Labute approximate surface area is 121 Å². The average molecular weight is 282 g/mol. The van der Waals surface area contributed by atoms with Crippen molar-refractivity contribution in [2.75, 3.05) is 11.4 Å². The molecule has 6 nitrogen and oxygen atoms in total. The molecule has 0 aliphatic heterocycles. The van der Waals surface area contributed by atoms with Crippen LogP contribution in [0.3, 0.4) is 0 Å². The third-order valence-electron chi connectivity index (χ3n) is 3.68. The summed E-state index contributed by atoms with van der Waals surface area (Å²) in [6.07, 6.45) is 4.26. The number of nitriles is 1. The lowest BCUT2D eigenvalue weighted by molar-refractivity contribution is -0.383. The molecular formula is C15H14N4O2. The molecule has 0 amide bonds. The van der Waals surface area contributed by atoms with Gasteiger partial charge in [0.1, 0.15) is 5.52 Å². The Morgan fingerprint density at radius 2 is 2.24 bits per heavy atom. The van der Waals surface area contributed by atoms with Gasteiger partial charge in [-0.3, -0.25) is 15.1 Å². The second kappa shape index (κ2) is 5.37. The molecule has 0 unspecified atom stereocenters. The Morgan fingerprint density at radius 1 is 1.43 bits per heavy atom. The molecule has 21 heavy (non-hydrogen) atoms. The van der Waals surface area contributed by atoms with Crippen molar-refractivity contribution in [1.82, 2.24) is 4.98 Å². The first-order valence-electron chi connectivity index (χ1n) is 6.88. The van der Waals surface area contributed by atoms with Crippen molar-refractivity contribution < 1.29 is 4.92 Å². The number of anilines is 1. The average Bonchev–Trinajstić information content (AvgIpc) is 3.32. The standard InChI is InChI=1S/C15H14N4O2/c16-8-2-10-18(11-4-5-11)14-7-6-13(19(20)21)12-3-1-9-17-15(12)14/h1,3,6-7,9,11H,2,4-5,10H2. The number of nitro benzene ring substituents is 1. The van der Waals surface area contributed by atoms with Gasteiger partial charge in [-0.25, -0.2) is 0 Å². The molecule has 0 atom stereocenters. The van der Waals surface area contributed by atoms with Crippen molar-refractivity contribution in [3.8, 4) is 6.07 Å². The molecule has 3 rings (SSSR count). The Kier molecular flexibility index (Phi) is 3.40. The van der Waals surface area contributed by atoms with Crippen LogP contribution < -0.4 is 4.90 Å². The van der Waals surface area contributed by atoms with Crippen LogP contribution in [-0.2, 0) is 0 Å². The molecule has 0 saturated heterocycles. The number of rotatable bonds is 5. The van der Waals surface area contributed by atoms with Gasteiger partial charge in [-0.05, 0) is 31.0 Å². The largest absolute Gasteiger partial charge is 0.366 e. The predicted octanol–water partition coefficient (Wildman–Crippen LogP) is 3.03. The van der Waals surface area contributed by atoms with E-state index < -0.39 is 0 Å². The van der Waals surface area contributed by atoms with Crippen molar-refractivity contribution in [3.05, 3.63) is 40.6 Å². The molecule has 106 valence electrons. The summed E-state index contributed by atoms with van der Waals surface area (Å²) in [7, 11) is 0. The molecule has 1 aromatic carbocycles. The maximum Gasteiger partial charge on any atom is 0.278 e. The SMILES string of the molecule is N#CCCN(c1ccc([N+](=O)[O-])c2cccnc12)C1CC1. The summed E-state index contributed by atoms with van der Waals surface area (Å²) in [6, 6.07) is 9.29. The maximum atomic E-state index is 11.1. The van der Waals surface area contributed by atoms with Gasteiger partial charge in [0.2, 0.25) is 0 Å². The zero-order valence-corrected chi connectivity index (χ0v) is 11.4. The zero-order chi connectivity index (χ0) is 14.8. The van der Waals surface area contributed by atoms with E-state index in [1.807, 2.05) is 0 Å². The third-order valence-corrected chi connectivity index (χ3v) is 3.68. The van der Waals surface area contributed by atoms with Crippen molar-refractivity contribution in [3.63, 3.8) is 0 Å². The van der Waals surface area contributed by atoms with E-state index in [0.717, 1.165) is 18.5 Å². The van der Waals surface area contributed by atoms with Crippen molar-refractivity contribution >= 4 is 22.3 Å². The van der Waals surface area contributed by atoms with Crippen molar-refractivity contribution in [1.29, 1.82) is 5.26 Å². The number of fused-ring (bicyclic) bond motifs is 1. The van der Waals surface area contributed by atoms with Crippen LogP contribution in [0.15, 0.2) is 30.5 Å². The van der Waals surface area contributed by atoms with Crippen LogP contribution in [0, 0.1) is 21.4 Å². The molecule has 1 aliphatic rings. The van der Waals surface area contributed by atoms with Crippen LogP contribution in [0.2, 0.25) is 0 Å². The van der Waals surface area contributed by atoms with E-state index in [9.17, 15) is 10.1 Å². The van der Waals surface area contributed by atoms with Crippen LogP contribution in [0.25, 0.3) is 10.9 Å². The van der Waals surface area contributed by atoms with Gasteiger partial charge >= 0.3 is 0 Å². The van der Waals surface area contributed by atoms with Crippen LogP contribution in [0.4, 0.5) is 11.4 Å². The number of benzene rings is 1. The van der Waals surface area contributed by atoms with Gasteiger partial charge in [0.05, 0.1) is 28.5 Å². The second-order valence-electron chi connectivity index (χ2n) is 5.09. The molecule has 1 fully saturated rings. The summed E-state index contributed by atoms with van der Waals surface area (Å²) in [5.74, 6) is 0. The summed E-state index contributed by atoms with van der Waals surface area (Å²) < 4.78 is 0. The van der Waals surface area contributed by atoms with Crippen LogP contribution in [0.1, 0.15) is 19.3 Å². The minimum Gasteiger partial charge on any atom is -0.366 e. The van der Waals surface area contributed by atoms with Gasteiger partial charge in [-0.15, -0.1) is 0 Å². The first-order valence-corrected chi connectivity index (χ1v) is 6.88. The van der Waals surface area contributed by atoms with E-state index in [1.54, 1.807) is 24.4 Å². The minimum atomic E-state index is -0.384. The van der Waals surface area contributed by atoms with Gasteiger partial charge in [0.15, 0.2) is 0 Å². The Balaban J connectivity index is 2.12. The Bertz CT molecular complexity index is 734. The monoisotopic (exact) mass is 282 g/mol. The summed E-state index contributed by atoms with van der Waals surface area (Å²) in [5.41, 5.74) is 1.59. The summed E-state index contributed by atoms with van der Waals surface area (Å²) >= 11 is 0. The molecule has 1 saturated carbocycles.